The van der Waals surface area contributed by atoms with Gasteiger partial charge in [-0.1, -0.05) is 19.3 Å². The number of carbonyl (C=O) groups is 2. The van der Waals surface area contributed by atoms with Crippen LogP contribution in [0.5, 0.6) is 0 Å². The lowest BCUT2D eigenvalue weighted by atomic mass is 9.81. The zero-order valence-electron chi connectivity index (χ0n) is 18.6. The predicted octanol–water partition coefficient (Wildman–Crippen LogP) is 2.47. The molecule has 0 aromatic heterocycles. The molecule has 2 N–H and O–H groups in total. The van der Waals surface area contributed by atoms with Gasteiger partial charge in [-0.2, -0.15) is 0 Å². The topological polar surface area (TPSA) is 85.9 Å². The molecule has 2 saturated carbocycles. The van der Waals surface area contributed by atoms with E-state index in [1.54, 1.807) is 0 Å². The van der Waals surface area contributed by atoms with Crippen molar-refractivity contribution in [3.8, 4) is 0 Å². The van der Waals surface area contributed by atoms with Crippen LogP contribution < -0.4 is 10.6 Å². The van der Waals surface area contributed by atoms with E-state index in [1.165, 1.54) is 32.1 Å². The van der Waals surface area contributed by atoms with Gasteiger partial charge in [0, 0.05) is 39.0 Å². The molecule has 0 saturated heterocycles. The first-order valence-corrected chi connectivity index (χ1v) is 12.0. The SMILES string of the molecule is O=C(CCC(=O)NCCCOCCOCCOCCCNCC1CC1)CC1CCC1. The van der Waals surface area contributed by atoms with Gasteiger partial charge in [0.05, 0.1) is 26.4 Å². The third-order valence-electron chi connectivity index (χ3n) is 5.68. The quantitative estimate of drug-likeness (QED) is 0.274. The number of Topliss-reactive ketones (excluding diaryl/α,β-unsaturated/α-hetero) is 1. The van der Waals surface area contributed by atoms with Crippen molar-refractivity contribution in [3.05, 3.63) is 0 Å². The summed E-state index contributed by atoms with van der Waals surface area (Å²) in [7, 11) is 0. The van der Waals surface area contributed by atoms with Crippen LogP contribution in [-0.2, 0) is 23.8 Å². The Hall–Kier alpha value is -1.02. The lowest BCUT2D eigenvalue weighted by molar-refractivity contribution is -0.126. The summed E-state index contributed by atoms with van der Waals surface area (Å²) in [6.07, 6.45) is 9.53. The number of hydrogen-bond donors (Lipinski definition) is 2. The van der Waals surface area contributed by atoms with Crippen molar-refractivity contribution in [1.82, 2.24) is 10.6 Å². The second-order valence-corrected chi connectivity index (χ2v) is 8.58. The smallest absolute Gasteiger partial charge is 0.220 e. The van der Waals surface area contributed by atoms with Crippen molar-refractivity contribution in [2.45, 2.75) is 64.2 Å². The number of carbonyl (C=O) groups excluding carboxylic acids is 2. The van der Waals surface area contributed by atoms with Crippen LogP contribution in [0, 0.1) is 11.8 Å². The molecule has 2 fully saturated rings. The molecule has 0 unspecified atom stereocenters. The highest BCUT2D eigenvalue weighted by molar-refractivity contribution is 5.85. The monoisotopic (exact) mass is 426 g/mol. The molecule has 2 rings (SSSR count). The van der Waals surface area contributed by atoms with Crippen LogP contribution in [0.2, 0.25) is 0 Å². The minimum Gasteiger partial charge on any atom is -0.379 e. The minimum absolute atomic E-state index is 0.0426. The third kappa shape index (κ3) is 14.1. The van der Waals surface area contributed by atoms with Gasteiger partial charge in [-0.25, -0.2) is 0 Å². The summed E-state index contributed by atoms with van der Waals surface area (Å²) in [6.45, 7) is 6.47. The van der Waals surface area contributed by atoms with E-state index in [0.29, 0.717) is 64.8 Å². The Morgan fingerprint density at radius 1 is 0.733 bits per heavy atom. The normalized spacial score (nSPS) is 16.4. The van der Waals surface area contributed by atoms with Gasteiger partial charge >= 0.3 is 0 Å². The first kappa shape index (κ1) is 25.2. The van der Waals surface area contributed by atoms with Crippen molar-refractivity contribution in [2.75, 3.05) is 59.3 Å². The summed E-state index contributed by atoms with van der Waals surface area (Å²) in [4.78, 5) is 23.5. The second-order valence-electron chi connectivity index (χ2n) is 8.58. The van der Waals surface area contributed by atoms with Crippen LogP contribution in [0.15, 0.2) is 0 Å². The summed E-state index contributed by atoms with van der Waals surface area (Å²) in [6, 6.07) is 0. The number of nitrogens with one attached hydrogen (secondary N) is 2. The Bertz CT molecular complexity index is 467. The largest absolute Gasteiger partial charge is 0.379 e. The number of ketones is 1. The Labute approximate surface area is 182 Å². The molecule has 0 atom stereocenters. The van der Waals surface area contributed by atoms with E-state index in [0.717, 1.165) is 38.5 Å². The summed E-state index contributed by atoms with van der Waals surface area (Å²) in [5.41, 5.74) is 0. The maximum Gasteiger partial charge on any atom is 0.220 e. The predicted molar refractivity (Wildman–Crippen MR) is 116 cm³/mol. The first-order chi connectivity index (χ1) is 14.7. The van der Waals surface area contributed by atoms with Crippen LogP contribution in [0.1, 0.15) is 64.2 Å². The molecule has 7 heteroatoms. The molecule has 0 aliphatic heterocycles. The zero-order valence-corrected chi connectivity index (χ0v) is 18.6. The maximum atomic E-state index is 11.8. The molecule has 0 bridgehead atoms. The fraction of sp³-hybridized carbons (Fsp3) is 0.913. The lowest BCUT2D eigenvalue weighted by Gasteiger charge is -2.24. The Kier molecular flexibility index (Phi) is 14.0. The van der Waals surface area contributed by atoms with Crippen molar-refractivity contribution in [2.24, 2.45) is 11.8 Å². The average molecular weight is 427 g/mol. The van der Waals surface area contributed by atoms with E-state index in [2.05, 4.69) is 10.6 Å². The summed E-state index contributed by atoms with van der Waals surface area (Å²) in [5.74, 6) is 1.70. The van der Waals surface area contributed by atoms with E-state index in [1.807, 2.05) is 0 Å². The third-order valence-corrected chi connectivity index (χ3v) is 5.68. The van der Waals surface area contributed by atoms with Crippen LogP contribution in [0.3, 0.4) is 0 Å². The van der Waals surface area contributed by atoms with Gasteiger partial charge in [0.1, 0.15) is 5.78 Å². The fourth-order valence-electron chi connectivity index (χ4n) is 3.33. The molecule has 0 aromatic carbocycles. The molecular weight excluding hydrogens is 384 g/mol. The number of ether oxygens (including phenoxy) is 3. The summed E-state index contributed by atoms with van der Waals surface area (Å²) >= 11 is 0. The first-order valence-electron chi connectivity index (χ1n) is 12.0. The van der Waals surface area contributed by atoms with Crippen molar-refractivity contribution in [3.63, 3.8) is 0 Å². The van der Waals surface area contributed by atoms with Crippen molar-refractivity contribution >= 4 is 11.7 Å². The highest BCUT2D eigenvalue weighted by atomic mass is 16.5. The van der Waals surface area contributed by atoms with E-state index < -0.39 is 0 Å². The van der Waals surface area contributed by atoms with Gasteiger partial charge in [0.2, 0.25) is 5.91 Å². The van der Waals surface area contributed by atoms with Crippen molar-refractivity contribution in [1.29, 1.82) is 0 Å². The van der Waals surface area contributed by atoms with Gasteiger partial charge in [-0.15, -0.1) is 0 Å². The maximum absolute atomic E-state index is 11.8. The lowest BCUT2D eigenvalue weighted by Crippen LogP contribution is -2.26. The zero-order chi connectivity index (χ0) is 21.3. The number of amides is 1. The molecule has 174 valence electrons. The average Bonchev–Trinajstić information content (AvgIpc) is 3.53. The van der Waals surface area contributed by atoms with Crippen LogP contribution >= 0.6 is 0 Å². The summed E-state index contributed by atoms with van der Waals surface area (Å²) < 4.78 is 16.5. The molecular formula is C23H42N2O5. The summed E-state index contributed by atoms with van der Waals surface area (Å²) in [5, 5.41) is 6.30. The van der Waals surface area contributed by atoms with Gasteiger partial charge in [-0.3, -0.25) is 9.59 Å². The molecule has 1 amide bonds. The Morgan fingerprint density at radius 3 is 1.97 bits per heavy atom. The Balaban J connectivity index is 1.22. The molecule has 2 aliphatic carbocycles. The Morgan fingerprint density at radius 2 is 1.37 bits per heavy atom. The molecule has 30 heavy (non-hydrogen) atoms. The number of hydrogen-bond acceptors (Lipinski definition) is 6. The molecule has 0 spiro atoms. The van der Waals surface area contributed by atoms with Crippen LogP contribution in [0.25, 0.3) is 0 Å². The molecule has 0 radical (unpaired) electrons. The van der Waals surface area contributed by atoms with Gasteiger partial charge < -0.3 is 24.8 Å². The number of rotatable bonds is 21. The molecule has 7 nitrogen and oxygen atoms in total. The van der Waals surface area contributed by atoms with E-state index in [-0.39, 0.29) is 11.7 Å². The van der Waals surface area contributed by atoms with Gasteiger partial charge in [-0.05, 0) is 50.6 Å². The van der Waals surface area contributed by atoms with E-state index in [4.69, 9.17) is 14.2 Å². The molecule has 2 aliphatic rings. The standard InChI is InChI=1S/C23H42N2O5/c26-22(18-20-4-1-5-20)8-9-23(27)25-11-3-13-29-15-17-30-16-14-28-12-2-10-24-19-21-6-7-21/h20-21,24H,1-19H2,(H,25,27). The minimum atomic E-state index is -0.0426. The molecule has 0 heterocycles. The van der Waals surface area contributed by atoms with Crippen LogP contribution in [0.4, 0.5) is 0 Å². The van der Waals surface area contributed by atoms with E-state index in [9.17, 15) is 9.59 Å². The fourth-order valence-corrected chi connectivity index (χ4v) is 3.33. The van der Waals surface area contributed by atoms with E-state index >= 15 is 0 Å². The van der Waals surface area contributed by atoms with Gasteiger partial charge in [0.15, 0.2) is 0 Å². The highest BCUT2D eigenvalue weighted by Gasteiger charge is 2.21. The van der Waals surface area contributed by atoms with Crippen LogP contribution in [-0.4, -0.2) is 71.0 Å². The van der Waals surface area contributed by atoms with Crippen molar-refractivity contribution < 1.29 is 23.8 Å². The van der Waals surface area contributed by atoms with Gasteiger partial charge in [0.25, 0.3) is 0 Å². The molecule has 0 aromatic rings. The second kappa shape index (κ2) is 16.6. The highest BCUT2D eigenvalue weighted by Crippen LogP contribution is 2.30.